The molecule has 1 aromatic heterocycles. The zero-order chi connectivity index (χ0) is 25.2. The molecule has 0 aliphatic heterocycles. The van der Waals surface area contributed by atoms with Crippen molar-refractivity contribution in [3.8, 4) is 11.5 Å². The van der Waals surface area contributed by atoms with E-state index < -0.39 is 17.5 Å². The van der Waals surface area contributed by atoms with E-state index in [0.29, 0.717) is 29.3 Å². The van der Waals surface area contributed by atoms with Gasteiger partial charge in [0.1, 0.15) is 22.8 Å². The van der Waals surface area contributed by atoms with E-state index in [4.69, 9.17) is 14.2 Å². The molecular weight excluding hydrogens is 510 g/mol. The summed E-state index contributed by atoms with van der Waals surface area (Å²) in [5.74, 6) is 0.470. The molecule has 0 radical (unpaired) electrons. The van der Waals surface area contributed by atoms with Crippen LogP contribution in [-0.2, 0) is 16.0 Å². The minimum Gasteiger partial charge on any atom is -0.464 e. The number of fused-ring (bicyclic) bond motifs is 1. The highest BCUT2D eigenvalue weighted by Gasteiger charge is 2.21. The van der Waals surface area contributed by atoms with Gasteiger partial charge in [-0.2, -0.15) is 0 Å². The lowest BCUT2D eigenvalue weighted by Crippen LogP contribution is -2.24. The molecule has 0 unspecified atom stereocenters. The molecule has 0 aliphatic carbocycles. The number of nitrogens with zero attached hydrogens (tertiary/aromatic N) is 1. The van der Waals surface area contributed by atoms with Gasteiger partial charge in [-0.25, -0.2) is 9.59 Å². The summed E-state index contributed by atoms with van der Waals surface area (Å²) < 4.78 is 19.2. The number of carbonyl (C=O) groups is 2. The number of benzene rings is 3. The van der Waals surface area contributed by atoms with Crippen LogP contribution in [0.4, 0.5) is 0 Å². The molecule has 6 nitrogen and oxygen atoms in total. The Kier molecular flexibility index (Phi) is 6.98. The van der Waals surface area contributed by atoms with Crippen molar-refractivity contribution in [2.24, 2.45) is 0 Å². The summed E-state index contributed by atoms with van der Waals surface area (Å²) in [6, 6.07) is 22.2. The Morgan fingerprint density at radius 3 is 2.31 bits per heavy atom. The van der Waals surface area contributed by atoms with E-state index in [1.54, 1.807) is 24.3 Å². The Morgan fingerprint density at radius 1 is 0.886 bits per heavy atom. The maximum Gasteiger partial charge on any atom is 0.354 e. The molecule has 0 saturated heterocycles. The predicted molar refractivity (Wildman–Crippen MR) is 138 cm³/mol. The van der Waals surface area contributed by atoms with Crippen LogP contribution in [0.2, 0.25) is 0 Å². The molecule has 0 aliphatic rings. The summed E-state index contributed by atoms with van der Waals surface area (Å²) in [7, 11) is 1.35. The monoisotopic (exact) mass is 535 g/mol. The van der Waals surface area contributed by atoms with Crippen LogP contribution in [0.1, 0.15) is 47.2 Å². The van der Waals surface area contributed by atoms with E-state index in [2.05, 4.69) is 15.9 Å². The summed E-state index contributed by atoms with van der Waals surface area (Å²) in [5.41, 5.74) is 1.86. The molecule has 35 heavy (non-hydrogen) atoms. The second-order valence-corrected chi connectivity index (χ2v) is 9.92. The summed E-state index contributed by atoms with van der Waals surface area (Å²) >= 11 is 3.62. The van der Waals surface area contributed by atoms with Gasteiger partial charge in [-0.1, -0.05) is 30.3 Å². The lowest BCUT2D eigenvalue weighted by atomic mass is 10.1. The van der Waals surface area contributed by atoms with E-state index in [-0.39, 0.29) is 0 Å². The Morgan fingerprint density at radius 2 is 1.63 bits per heavy atom. The lowest BCUT2D eigenvalue weighted by Gasteiger charge is -2.19. The third-order valence-corrected chi connectivity index (χ3v) is 5.88. The van der Waals surface area contributed by atoms with Crippen LogP contribution in [0.15, 0.2) is 77.3 Å². The first-order valence-corrected chi connectivity index (χ1v) is 11.9. The molecular formula is C28H26BrNO5. The molecule has 7 heteroatoms. The number of hydrogen-bond donors (Lipinski definition) is 0. The smallest absolute Gasteiger partial charge is 0.354 e. The maximum atomic E-state index is 12.6. The van der Waals surface area contributed by atoms with Crippen LogP contribution in [0.3, 0.4) is 0 Å². The topological polar surface area (TPSA) is 66.8 Å². The van der Waals surface area contributed by atoms with Crippen molar-refractivity contribution in [2.75, 3.05) is 7.11 Å². The van der Waals surface area contributed by atoms with Crippen molar-refractivity contribution in [1.82, 2.24) is 4.57 Å². The van der Waals surface area contributed by atoms with Crippen molar-refractivity contribution in [3.63, 3.8) is 0 Å². The third kappa shape index (κ3) is 5.74. The van der Waals surface area contributed by atoms with Gasteiger partial charge in [0.05, 0.1) is 18.2 Å². The van der Waals surface area contributed by atoms with Crippen LogP contribution in [0.25, 0.3) is 10.9 Å². The molecule has 0 bridgehead atoms. The SMILES string of the molecule is COC(=O)c1cc2c(Br)cc(Oc3ccccc3)cc2n1Cc1cccc(C(=O)OC(C)(C)C)c1. The van der Waals surface area contributed by atoms with Gasteiger partial charge in [0.2, 0.25) is 0 Å². The van der Waals surface area contributed by atoms with Crippen LogP contribution >= 0.6 is 15.9 Å². The van der Waals surface area contributed by atoms with Gasteiger partial charge in [0.25, 0.3) is 0 Å². The number of para-hydroxylation sites is 1. The third-order valence-electron chi connectivity index (χ3n) is 5.22. The summed E-state index contributed by atoms with van der Waals surface area (Å²) in [5, 5.41) is 0.842. The molecule has 0 spiro atoms. The predicted octanol–water partition coefficient (Wildman–Crippen LogP) is 6.99. The summed E-state index contributed by atoms with van der Waals surface area (Å²) in [6.45, 7) is 5.83. The fraction of sp³-hybridized carbons (Fsp3) is 0.214. The second-order valence-electron chi connectivity index (χ2n) is 9.06. The first kappa shape index (κ1) is 24.5. The first-order chi connectivity index (χ1) is 16.6. The minimum absolute atomic E-state index is 0.339. The molecule has 4 rings (SSSR count). The molecule has 0 saturated carbocycles. The molecule has 0 fully saturated rings. The van der Waals surface area contributed by atoms with Crippen molar-refractivity contribution < 1.29 is 23.8 Å². The van der Waals surface area contributed by atoms with Crippen molar-refractivity contribution >= 4 is 38.8 Å². The Hall–Kier alpha value is -3.58. The van der Waals surface area contributed by atoms with Gasteiger partial charge in [-0.15, -0.1) is 0 Å². The van der Waals surface area contributed by atoms with Gasteiger partial charge in [0.15, 0.2) is 0 Å². The quantitative estimate of drug-likeness (QED) is 0.249. The van der Waals surface area contributed by atoms with Crippen LogP contribution in [0, 0.1) is 0 Å². The average Bonchev–Trinajstić information content (AvgIpc) is 3.17. The second kappa shape index (κ2) is 9.96. The number of esters is 2. The van der Waals surface area contributed by atoms with Gasteiger partial charge in [0, 0.05) is 22.5 Å². The summed E-state index contributed by atoms with van der Waals surface area (Å²) in [4.78, 5) is 25.2. The Balaban J connectivity index is 1.76. The van der Waals surface area contributed by atoms with E-state index >= 15 is 0 Å². The first-order valence-electron chi connectivity index (χ1n) is 11.1. The van der Waals surface area contributed by atoms with Gasteiger partial charge >= 0.3 is 11.9 Å². The zero-order valence-corrected chi connectivity index (χ0v) is 21.6. The molecule has 0 amide bonds. The van der Waals surface area contributed by atoms with E-state index in [1.807, 2.05) is 73.9 Å². The largest absolute Gasteiger partial charge is 0.464 e. The number of rotatable bonds is 6. The Labute approximate surface area is 212 Å². The number of hydrogen-bond acceptors (Lipinski definition) is 5. The normalized spacial score (nSPS) is 11.3. The zero-order valence-electron chi connectivity index (χ0n) is 20.0. The fourth-order valence-corrected chi connectivity index (χ4v) is 4.28. The molecule has 0 atom stereocenters. The molecule has 180 valence electrons. The number of halogens is 1. The van der Waals surface area contributed by atoms with Crippen LogP contribution in [-0.4, -0.2) is 29.2 Å². The Bertz CT molecular complexity index is 1390. The van der Waals surface area contributed by atoms with Gasteiger partial charge in [-0.05, 0) is 78.7 Å². The molecule has 3 aromatic carbocycles. The van der Waals surface area contributed by atoms with Gasteiger partial charge in [-0.3, -0.25) is 0 Å². The average molecular weight is 536 g/mol. The lowest BCUT2D eigenvalue weighted by molar-refractivity contribution is 0.00691. The minimum atomic E-state index is -0.594. The summed E-state index contributed by atoms with van der Waals surface area (Å²) in [6.07, 6.45) is 0. The number of aromatic nitrogens is 1. The van der Waals surface area contributed by atoms with E-state index in [1.165, 1.54) is 7.11 Å². The van der Waals surface area contributed by atoms with Crippen molar-refractivity contribution in [2.45, 2.75) is 32.9 Å². The molecule has 4 aromatic rings. The highest BCUT2D eigenvalue weighted by atomic mass is 79.9. The van der Waals surface area contributed by atoms with Gasteiger partial charge < -0.3 is 18.8 Å². The molecule has 0 N–H and O–H groups in total. The number of methoxy groups -OCH3 is 1. The van der Waals surface area contributed by atoms with Crippen molar-refractivity contribution in [3.05, 3.63) is 94.1 Å². The number of carbonyl (C=O) groups excluding carboxylic acids is 2. The fourth-order valence-electron chi connectivity index (χ4n) is 3.73. The molecule has 1 heterocycles. The number of ether oxygens (including phenoxy) is 3. The highest BCUT2D eigenvalue weighted by Crippen LogP contribution is 2.35. The van der Waals surface area contributed by atoms with E-state index in [9.17, 15) is 9.59 Å². The highest BCUT2D eigenvalue weighted by molar-refractivity contribution is 9.10. The van der Waals surface area contributed by atoms with Crippen LogP contribution < -0.4 is 4.74 Å². The van der Waals surface area contributed by atoms with Crippen LogP contribution in [0.5, 0.6) is 11.5 Å². The maximum absolute atomic E-state index is 12.6. The standard InChI is InChI=1S/C28H26BrNO5/c1-28(2,3)35-26(31)19-10-8-9-18(13-19)17-30-24-15-21(34-20-11-6-5-7-12-20)14-23(29)22(24)16-25(30)27(32)33-4/h5-16H,17H2,1-4H3. The van der Waals surface area contributed by atoms with E-state index in [0.717, 1.165) is 20.9 Å². The van der Waals surface area contributed by atoms with Crippen molar-refractivity contribution in [1.29, 1.82) is 0 Å².